The number of rotatable bonds is 2. The highest BCUT2D eigenvalue weighted by atomic mass is 16.6. The van der Waals surface area contributed by atoms with Crippen molar-refractivity contribution in [3.8, 4) is 0 Å². The summed E-state index contributed by atoms with van der Waals surface area (Å²) in [4.78, 5) is 11.2. The average Bonchev–Trinajstić information content (AvgIpc) is 2.07. The van der Waals surface area contributed by atoms with Crippen LogP contribution in [0.15, 0.2) is 0 Å². The van der Waals surface area contributed by atoms with Gasteiger partial charge in [0.2, 0.25) is 0 Å². The first-order valence-electron chi connectivity index (χ1n) is 5.25. The summed E-state index contributed by atoms with van der Waals surface area (Å²) < 4.78 is 4.94. The first kappa shape index (κ1) is 11.3. The normalized spacial score (nSPS) is 27.4. The van der Waals surface area contributed by atoms with Crippen molar-refractivity contribution in [2.24, 2.45) is 0 Å². The average molecular weight is 201 g/mol. The zero-order valence-electron chi connectivity index (χ0n) is 8.82. The second-order valence-corrected chi connectivity index (χ2v) is 4.06. The van der Waals surface area contributed by atoms with E-state index in [9.17, 15) is 9.90 Å². The molecule has 1 aliphatic rings. The van der Waals surface area contributed by atoms with Crippen LogP contribution < -0.4 is 5.32 Å². The molecule has 1 fully saturated rings. The Balaban J connectivity index is 2.31. The lowest BCUT2D eigenvalue weighted by atomic mass is 9.93. The van der Waals surface area contributed by atoms with E-state index in [1.807, 2.05) is 0 Å². The maximum atomic E-state index is 11.2. The van der Waals surface area contributed by atoms with Crippen LogP contribution >= 0.6 is 0 Å². The highest BCUT2D eigenvalue weighted by molar-refractivity contribution is 5.67. The monoisotopic (exact) mass is 201 g/mol. The number of amides is 1. The van der Waals surface area contributed by atoms with E-state index in [-0.39, 0.29) is 12.1 Å². The van der Waals surface area contributed by atoms with Crippen molar-refractivity contribution < 1.29 is 14.6 Å². The molecule has 82 valence electrons. The molecular weight excluding hydrogens is 182 g/mol. The molecule has 2 atom stereocenters. The summed E-state index contributed by atoms with van der Waals surface area (Å²) in [5.74, 6) is 0. The summed E-state index contributed by atoms with van der Waals surface area (Å²) in [5.41, 5.74) is 0. The van der Waals surface area contributed by atoms with Crippen LogP contribution in [0.25, 0.3) is 0 Å². The Labute approximate surface area is 84.6 Å². The van der Waals surface area contributed by atoms with E-state index in [4.69, 9.17) is 4.74 Å². The summed E-state index contributed by atoms with van der Waals surface area (Å²) in [6.45, 7) is 3.60. The van der Waals surface area contributed by atoms with Crippen molar-refractivity contribution in [2.45, 2.75) is 57.8 Å². The first-order chi connectivity index (χ1) is 6.59. The van der Waals surface area contributed by atoms with Crippen LogP contribution in [0, 0.1) is 0 Å². The molecule has 1 saturated carbocycles. The maximum Gasteiger partial charge on any atom is 0.407 e. The molecular formula is C10H19NO3. The molecule has 0 aliphatic heterocycles. The highest BCUT2D eigenvalue weighted by Crippen LogP contribution is 2.18. The molecule has 0 radical (unpaired) electrons. The van der Waals surface area contributed by atoms with Crippen molar-refractivity contribution in [3.05, 3.63) is 0 Å². The molecule has 0 aromatic carbocycles. The zero-order chi connectivity index (χ0) is 10.6. The fourth-order valence-corrected chi connectivity index (χ4v) is 1.68. The fourth-order valence-electron chi connectivity index (χ4n) is 1.68. The quantitative estimate of drug-likeness (QED) is 0.710. The third-order valence-electron chi connectivity index (χ3n) is 2.38. The lowest BCUT2D eigenvalue weighted by Crippen LogP contribution is -2.45. The molecule has 2 N–H and O–H groups in total. The number of hydrogen-bond donors (Lipinski definition) is 2. The lowest BCUT2D eigenvalue weighted by Gasteiger charge is -2.28. The number of hydrogen-bond acceptors (Lipinski definition) is 3. The lowest BCUT2D eigenvalue weighted by molar-refractivity contribution is 0.0710. The minimum absolute atomic E-state index is 0.115. The Morgan fingerprint density at radius 3 is 2.64 bits per heavy atom. The molecule has 0 aromatic rings. The molecule has 4 heteroatoms. The molecule has 0 heterocycles. The Kier molecular flexibility index (Phi) is 4.20. The summed E-state index contributed by atoms with van der Waals surface area (Å²) >= 11 is 0. The van der Waals surface area contributed by atoms with Crippen molar-refractivity contribution in [3.63, 3.8) is 0 Å². The van der Waals surface area contributed by atoms with E-state index in [2.05, 4.69) is 5.32 Å². The van der Waals surface area contributed by atoms with E-state index < -0.39 is 12.2 Å². The molecule has 0 unspecified atom stereocenters. The van der Waals surface area contributed by atoms with Crippen molar-refractivity contribution >= 4 is 6.09 Å². The minimum atomic E-state index is -0.425. The molecule has 1 rings (SSSR count). The number of aliphatic hydroxyl groups excluding tert-OH is 1. The fraction of sp³-hybridized carbons (Fsp3) is 0.900. The van der Waals surface area contributed by atoms with Gasteiger partial charge in [-0.25, -0.2) is 4.79 Å². The van der Waals surface area contributed by atoms with Crippen molar-refractivity contribution in [2.75, 3.05) is 0 Å². The van der Waals surface area contributed by atoms with Crippen LogP contribution in [-0.4, -0.2) is 29.4 Å². The van der Waals surface area contributed by atoms with E-state index in [1.165, 1.54) is 0 Å². The number of aliphatic hydroxyl groups is 1. The predicted molar refractivity (Wildman–Crippen MR) is 53.0 cm³/mol. The van der Waals surface area contributed by atoms with E-state index >= 15 is 0 Å². The number of carbonyl (C=O) groups is 1. The van der Waals surface area contributed by atoms with Gasteiger partial charge in [-0.05, 0) is 26.7 Å². The molecule has 0 bridgehead atoms. The largest absolute Gasteiger partial charge is 0.447 e. The maximum absolute atomic E-state index is 11.2. The van der Waals surface area contributed by atoms with E-state index in [0.29, 0.717) is 0 Å². The molecule has 1 aliphatic carbocycles. The van der Waals surface area contributed by atoms with Crippen LogP contribution in [0.4, 0.5) is 4.79 Å². The topological polar surface area (TPSA) is 58.6 Å². The van der Waals surface area contributed by atoms with Gasteiger partial charge in [-0.15, -0.1) is 0 Å². The number of ether oxygens (including phenoxy) is 1. The summed E-state index contributed by atoms with van der Waals surface area (Å²) in [6, 6.07) is -0.130. The molecule has 1 amide bonds. The van der Waals surface area contributed by atoms with Gasteiger partial charge in [-0.3, -0.25) is 0 Å². The number of nitrogens with one attached hydrogen (secondary N) is 1. The van der Waals surface area contributed by atoms with Gasteiger partial charge in [0.25, 0.3) is 0 Å². The van der Waals surface area contributed by atoms with Gasteiger partial charge in [0.15, 0.2) is 0 Å². The Morgan fingerprint density at radius 1 is 1.43 bits per heavy atom. The van der Waals surface area contributed by atoms with Crippen LogP contribution in [0.3, 0.4) is 0 Å². The number of alkyl carbamates (subject to hydrolysis) is 1. The second-order valence-electron chi connectivity index (χ2n) is 4.06. The van der Waals surface area contributed by atoms with Gasteiger partial charge in [-0.2, -0.15) is 0 Å². The van der Waals surface area contributed by atoms with Gasteiger partial charge in [-0.1, -0.05) is 12.8 Å². The minimum Gasteiger partial charge on any atom is -0.447 e. The summed E-state index contributed by atoms with van der Waals surface area (Å²) in [5, 5.41) is 12.3. The molecule has 0 aromatic heterocycles. The van der Waals surface area contributed by atoms with E-state index in [0.717, 1.165) is 25.7 Å². The summed E-state index contributed by atoms with van der Waals surface area (Å²) in [7, 11) is 0. The van der Waals surface area contributed by atoms with Crippen molar-refractivity contribution in [1.29, 1.82) is 0 Å². The zero-order valence-corrected chi connectivity index (χ0v) is 8.82. The van der Waals surface area contributed by atoms with Gasteiger partial charge in [0, 0.05) is 0 Å². The molecule has 0 spiro atoms. The van der Waals surface area contributed by atoms with Crippen LogP contribution in [0.2, 0.25) is 0 Å². The van der Waals surface area contributed by atoms with Gasteiger partial charge in [0.1, 0.15) is 0 Å². The SMILES string of the molecule is CC(C)OC(=O)N[C@H]1CCCC[C@@H]1O. The highest BCUT2D eigenvalue weighted by Gasteiger charge is 2.24. The third-order valence-corrected chi connectivity index (χ3v) is 2.38. The number of carbonyl (C=O) groups excluding carboxylic acids is 1. The molecule has 14 heavy (non-hydrogen) atoms. The smallest absolute Gasteiger partial charge is 0.407 e. The van der Waals surface area contributed by atoms with Crippen LogP contribution in [0.5, 0.6) is 0 Å². The predicted octanol–water partition coefficient (Wildman–Crippen LogP) is 1.42. The molecule has 0 saturated heterocycles. The first-order valence-corrected chi connectivity index (χ1v) is 5.25. The van der Waals surface area contributed by atoms with Crippen LogP contribution in [0.1, 0.15) is 39.5 Å². The molecule has 4 nitrogen and oxygen atoms in total. The van der Waals surface area contributed by atoms with Crippen molar-refractivity contribution in [1.82, 2.24) is 5.32 Å². The Morgan fingerprint density at radius 2 is 2.07 bits per heavy atom. The van der Waals surface area contributed by atoms with Gasteiger partial charge >= 0.3 is 6.09 Å². The second kappa shape index (κ2) is 5.20. The van der Waals surface area contributed by atoms with Gasteiger partial charge < -0.3 is 15.2 Å². The van der Waals surface area contributed by atoms with Gasteiger partial charge in [0.05, 0.1) is 18.2 Å². The van der Waals surface area contributed by atoms with E-state index in [1.54, 1.807) is 13.8 Å². The van der Waals surface area contributed by atoms with Crippen LogP contribution in [-0.2, 0) is 4.74 Å². The Hall–Kier alpha value is -0.770. The summed E-state index contributed by atoms with van der Waals surface area (Å²) in [6.07, 6.45) is 2.76. The standard InChI is InChI=1S/C10H19NO3/c1-7(2)14-10(13)11-8-5-3-4-6-9(8)12/h7-9,12H,3-6H2,1-2H3,(H,11,13)/t8-,9-/m0/s1. The Bertz CT molecular complexity index is 194. The third kappa shape index (κ3) is 3.54.